The summed E-state index contributed by atoms with van der Waals surface area (Å²) in [6.45, 7) is 4.35. The van der Waals surface area contributed by atoms with E-state index in [1.54, 1.807) is 45.6 Å². The summed E-state index contributed by atoms with van der Waals surface area (Å²) in [5, 5.41) is 4.47. The number of benzene rings is 1. The van der Waals surface area contributed by atoms with Gasteiger partial charge in [-0.05, 0) is 50.2 Å². The highest BCUT2D eigenvalue weighted by molar-refractivity contribution is 7.89. The zero-order valence-electron chi connectivity index (χ0n) is 18.5. The van der Waals surface area contributed by atoms with E-state index in [0.717, 1.165) is 17.8 Å². The van der Waals surface area contributed by atoms with E-state index < -0.39 is 23.1 Å². The van der Waals surface area contributed by atoms with Gasteiger partial charge in [0.15, 0.2) is 0 Å². The second-order valence-corrected chi connectivity index (χ2v) is 8.90. The number of anilines is 1. The van der Waals surface area contributed by atoms with E-state index in [1.807, 2.05) is 19.9 Å². The van der Waals surface area contributed by atoms with E-state index in [2.05, 4.69) is 10.1 Å². The van der Waals surface area contributed by atoms with Gasteiger partial charge in [0.1, 0.15) is 0 Å². The van der Waals surface area contributed by atoms with Crippen LogP contribution in [0.4, 0.5) is 18.9 Å². The fourth-order valence-electron chi connectivity index (χ4n) is 3.24. The highest BCUT2D eigenvalue weighted by atomic mass is 32.2. The first-order chi connectivity index (χ1) is 15.6. The summed E-state index contributed by atoms with van der Waals surface area (Å²) in [7, 11) is 1.62. The summed E-state index contributed by atoms with van der Waals surface area (Å²) in [5.41, 5.74) is 1.37. The van der Waals surface area contributed by atoms with Gasteiger partial charge in [-0.15, -0.1) is 0 Å². The van der Waals surface area contributed by atoms with Crippen molar-refractivity contribution in [2.75, 3.05) is 25.0 Å². The third kappa shape index (κ3) is 5.92. The summed E-state index contributed by atoms with van der Waals surface area (Å²) in [5.74, 6) is -0.150. The lowest BCUT2D eigenvalue weighted by Gasteiger charge is -2.21. The molecule has 176 valence electrons. The Bertz CT molecular complexity index is 1070. The van der Waals surface area contributed by atoms with Gasteiger partial charge in [0.25, 0.3) is 11.4 Å². The molecule has 0 fully saturated rings. The van der Waals surface area contributed by atoms with Crippen LogP contribution < -0.4 is 4.90 Å². The van der Waals surface area contributed by atoms with Gasteiger partial charge in [-0.25, -0.2) is 4.68 Å². The third-order valence-corrected chi connectivity index (χ3v) is 6.49. The van der Waals surface area contributed by atoms with Crippen LogP contribution in [0.3, 0.4) is 0 Å². The lowest BCUT2D eigenvalue weighted by atomic mass is 10.2. The molecule has 0 aliphatic heterocycles. The second-order valence-electron chi connectivity index (χ2n) is 7.28. The predicted molar refractivity (Wildman–Crippen MR) is 121 cm³/mol. The third-order valence-electron chi connectivity index (χ3n) is 5.02. The Morgan fingerprint density at radius 1 is 1.21 bits per heavy atom. The molecule has 1 amide bonds. The Labute approximate surface area is 193 Å². The van der Waals surface area contributed by atoms with Crippen LogP contribution in [0.2, 0.25) is 0 Å². The number of pyridine rings is 1. The molecule has 3 aromatic rings. The Balaban J connectivity index is 1.65. The molecule has 33 heavy (non-hydrogen) atoms. The maximum absolute atomic E-state index is 12.9. The zero-order chi connectivity index (χ0) is 24.2. The zero-order valence-corrected chi connectivity index (χ0v) is 19.3. The van der Waals surface area contributed by atoms with Crippen LogP contribution in [0.25, 0.3) is 5.69 Å². The van der Waals surface area contributed by atoms with Gasteiger partial charge in [-0.2, -0.15) is 22.8 Å². The number of aromatic nitrogens is 3. The van der Waals surface area contributed by atoms with E-state index in [-0.39, 0.29) is 18.9 Å². The standard InChI is InChI=1S/C22H25F3N5O2S/c1-4-29(20-15-30(27-16(20)2)18-6-5-12-26-14-18)21(31)11-13-28(3)33(32)19-9-7-17(8-10-19)22(23,24)25/h5-10,12,14-15,32H,4,11,13H2,1-3H3/q+1. The van der Waals surface area contributed by atoms with Crippen LogP contribution >= 0.6 is 0 Å². The van der Waals surface area contributed by atoms with Crippen molar-refractivity contribution in [3.8, 4) is 5.69 Å². The monoisotopic (exact) mass is 480 g/mol. The molecule has 0 saturated carbocycles. The van der Waals surface area contributed by atoms with E-state index in [1.165, 1.54) is 12.1 Å². The first-order valence-electron chi connectivity index (χ1n) is 10.2. The maximum Gasteiger partial charge on any atom is 0.416 e. The van der Waals surface area contributed by atoms with E-state index in [4.69, 9.17) is 0 Å². The fourth-order valence-corrected chi connectivity index (χ4v) is 4.24. The molecule has 0 bridgehead atoms. The number of carbonyl (C=O) groups is 1. The normalized spacial score (nSPS) is 12.7. The number of hydrogen-bond donors (Lipinski definition) is 1. The number of hydrogen-bond acceptors (Lipinski definition) is 5. The molecule has 1 unspecified atom stereocenters. The average molecular weight is 481 g/mol. The molecular weight excluding hydrogens is 455 g/mol. The molecule has 11 heteroatoms. The molecule has 0 aliphatic carbocycles. The van der Waals surface area contributed by atoms with Crippen LogP contribution in [0, 0.1) is 6.92 Å². The lowest BCUT2D eigenvalue weighted by Crippen LogP contribution is -2.35. The van der Waals surface area contributed by atoms with Gasteiger partial charge < -0.3 is 4.90 Å². The van der Waals surface area contributed by atoms with E-state index in [0.29, 0.717) is 22.8 Å². The van der Waals surface area contributed by atoms with Crippen LogP contribution in [-0.2, 0) is 22.3 Å². The maximum atomic E-state index is 12.9. The van der Waals surface area contributed by atoms with Crippen molar-refractivity contribution in [2.24, 2.45) is 0 Å². The number of nitrogens with zero attached hydrogens (tertiary/aromatic N) is 5. The molecule has 1 atom stereocenters. The van der Waals surface area contributed by atoms with Crippen molar-refractivity contribution in [3.05, 3.63) is 66.2 Å². The Kier molecular flexibility index (Phi) is 7.77. The molecule has 0 aliphatic rings. The predicted octanol–water partition coefficient (Wildman–Crippen LogP) is 4.33. The largest absolute Gasteiger partial charge is 0.416 e. The smallest absolute Gasteiger partial charge is 0.310 e. The second kappa shape index (κ2) is 10.4. The number of carbonyl (C=O) groups excluding carboxylic acids is 1. The minimum Gasteiger partial charge on any atom is -0.310 e. The molecule has 0 spiro atoms. The van der Waals surface area contributed by atoms with Crippen LogP contribution in [0.15, 0.2) is 59.9 Å². The van der Waals surface area contributed by atoms with Gasteiger partial charge in [0, 0.05) is 26.2 Å². The van der Waals surface area contributed by atoms with E-state index in [9.17, 15) is 22.5 Å². The molecule has 3 rings (SSSR count). The Hall–Kier alpha value is -2.89. The highest BCUT2D eigenvalue weighted by Crippen LogP contribution is 2.30. The number of aryl methyl sites for hydroxylation is 1. The van der Waals surface area contributed by atoms with Crippen molar-refractivity contribution >= 4 is 23.0 Å². The molecule has 0 radical (unpaired) electrons. The number of rotatable bonds is 8. The molecule has 1 N–H and O–H groups in total. The first-order valence-corrected chi connectivity index (χ1v) is 11.3. The Morgan fingerprint density at radius 2 is 1.91 bits per heavy atom. The minimum absolute atomic E-state index is 0.118. The molecule has 1 aromatic carbocycles. The van der Waals surface area contributed by atoms with Crippen molar-refractivity contribution in [1.29, 1.82) is 0 Å². The number of halogens is 3. The van der Waals surface area contributed by atoms with Gasteiger partial charge in [0.05, 0.1) is 41.6 Å². The first kappa shape index (κ1) is 24.7. The van der Waals surface area contributed by atoms with Gasteiger partial charge in [0.2, 0.25) is 10.8 Å². The average Bonchev–Trinajstić information content (AvgIpc) is 3.19. The van der Waals surface area contributed by atoms with Crippen LogP contribution in [0.1, 0.15) is 24.6 Å². The summed E-state index contributed by atoms with van der Waals surface area (Å²) in [6.07, 6.45) is 0.798. The van der Waals surface area contributed by atoms with E-state index >= 15 is 0 Å². The van der Waals surface area contributed by atoms with Crippen LogP contribution in [0.5, 0.6) is 0 Å². The SMILES string of the molecule is CCN(C(=O)CCN(C)[S+](O)c1ccc(C(F)(F)F)cc1)c1cn(-c2cccnc2)nc1C. The summed E-state index contributed by atoms with van der Waals surface area (Å²) in [4.78, 5) is 19.0. The van der Waals surface area contributed by atoms with Crippen LogP contribution in [-0.4, -0.2) is 49.7 Å². The van der Waals surface area contributed by atoms with Crippen molar-refractivity contribution < 1.29 is 22.5 Å². The number of amides is 1. The molecule has 0 saturated heterocycles. The Morgan fingerprint density at radius 3 is 2.48 bits per heavy atom. The minimum atomic E-state index is -4.43. The molecule has 2 aromatic heterocycles. The van der Waals surface area contributed by atoms with Gasteiger partial charge >= 0.3 is 6.18 Å². The quantitative estimate of drug-likeness (QED) is 0.486. The van der Waals surface area contributed by atoms with Gasteiger partial charge in [-0.1, -0.05) is 4.31 Å². The van der Waals surface area contributed by atoms with Crippen molar-refractivity contribution in [3.63, 3.8) is 0 Å². The molecular formula is C22H25F3N5O2S+. The summed E-state index contributed by atoms with van der Waals surface area (Å²) >= 11 is -1.44. The molecule has 2 heterocycles. The van der Waals surface area contributed by atoms with Gasteiger partial charge in [-0.3, -0.25) is 9.78 Å². The number of alkyl halides is 3. The fraction of sp³-hybridized carbons (Fsp3) is 0.318. The molecule has 7 nitrogen and oxygen atoms in total. The lowest BCUT2D eigenvalue weighted by molar-refractivity contribution is -0.137. The topological polar surface area (TPSA) is 74.5 Å². The summed E-state index contributed by atoms with van der Waals surface area (Å²) < 4.78 is 51.9. The van der Waals surface area contributed by atoms with Crippen molar-refractivity contribution in [1.82, 2.24) is 19.1 Å². The highest BCUT2D eigenvalue weighted by Gasteiger charge is 2.33. The summed E-state index contributed by atoms with van der Waals surface area (Å²) in [6, 6.07) is 8.03. The van der Waals surface area contributed by atoms with Crippen molar-refractivity contribution in [2.45, 2.75) is 31.3 Å².